The van der Waals surface area contributed by atoms with E-state index < -0.39 is 15.9 Å². The molecule has 0 aliphatic rings. The van der Waals surface area contributed by atoms with Crippen LogP contribution in [0.15, 0.2) is 47.4 Å². The van der Waals surface area contributed by atoms with E-state index in [0.29, 0.717) is 18.9 Å². The molecule has 6 nitrogen and oxygen atoms in total. The Labute approximate surface area is 142 Å². The fourth-order valence-corrected chi connectivity index (χ4v) is 3.82. The second kappa shape index (κ2) is 7.55. The highest BCUT2D eigenvalue weighted by atomic mass is 32.2. The summed E-state index contributed by atoms with van der Waals surface area (Å²) >= 11 is 0. The molecular formula is C17H21N3O3S. The topological polar surface area (TPSA) is 79.4 Å². The summed E-state index contributed by atoms with van der Waals surface area (Å²) in [6, 6.07) is 11.3. The molecule has 1 N–H and O–H groups in total. The van der Waals surface area contributed by atoms with E-state index in [0.717, 1.165) is 5.69 Å². The van der Waals surface area contributed by atoms with Crippen molar-refractivity contribution in [2.24, 2.45) is 0 Å². The van der Waals surface area contributed by atoms with E-state index in [1.165, 1.54) is 16.4 Å². The Morgan fingerprint density at radius 2 is 1.79 bits per heavy atom. The summed E-state index contributed by atoms with van der Waals surface area (Å²) in [7, 11) is -3.60. The van der Waals surface area contributed by atoms with Crippen molar-refractivity contribution in [2.45, 2.75) is 25.7 Å². The minimum absolute atomic E-state index is 0.107. The maximum atomic E-state index is 12.6. The van der Waals surface area contributed by atoms with Crippen LogP contribution < -0.4 is 5.32 Å². The van der Waals surface area contributed by atoms with Gasteiger partial charge in [-0.15, -0.1) is 0 Å². The van der Waals surface area contributed by atoms with Gasteiger partial charge in [-0.3, -0.25) is 4.79 Å². The second-order valence-corrected chi connectivity index (χ2v) is 7.17. The fraction of sp³-hybridized carbons (Fsp3) is 0.294. The first-order valence-corrected chi connectivity index (χ1v) is 9.17. The smallest absolute Gasteiger partial charge is 0.256 e. The van der Waals surface area contributed by atoms with Gasteiger partial charge in [0.25, 0.3) is 5.91 Å². The Morgan fingerprint density at radius 3 is 2.42 bits per heavy atom. The van der Waals surface area contributed by atoms with Crippen LogP contribution in [0.4, 0.5) is 5.82 Å². The van der Waals surface area contributed by atoms with Gasteiger partial charge in [-0.25, -0.2) is 13.4 Å². The Balaban J connectivity index is 2.28. The van der Waals surface area contributed by atoms with Crippen molar-refractivity contribution >= 4 is 21.7 Å². The zero-order chi connectivity index (χ0) is 17.7. The van der Waals surface area contributed by atoms with Gasteiger partial charge in [0.05, 0.1) is 4.90 Å². The van der Waals surface area contributed by atoms with Crippen molar-refractivity contribution in [3.63, 3.8) is 0 Å². The lowest BCUT2D eigenvalue weighted by Gasteiger charge is -2.18. The van der Waals surface area contributed by atoms with Crippen LogP contribution in [0.3, 0.4) is 0 Å². The molecule has 0 bridgehead atoms. The van der Waals surface area contributed by atoms with Gasteiger partial charge in [0.2, 0.25) is 10.0 Å². The van der Waals surface area contributed by atoms with E-state index in [1.54, 1.807) is 38.1 Å². The molecule has 1 aromatic heterocycles. The molecule has 0 atom stereocenters. The van der Waals surface area contributed by atoms with Crippen LogP contribution in [0.25, 0.3) is 0 Å². The molecule has 0 saturated heterocycles. The van der Waals surface area contributed by atoms with Gasteiger partial charge in [0.1, 0.15) is 5.82 Å². The van der Waals surface area contributed by atoms with Gasteiger partial charge in [-0.05, 0) is 37.3 Å². The molecule has 0 aliphatic carbocycles. The van der Waals surface area contributed by atoms with E-state index in [-0.39, 0.29) is 10.5 Å². The van der Waals surface area contributed by atoms with Crippen LogP contribution in [0.1, 0.15) is 29.9 Å². The molecule has 0 fully saturated rings. The first-order chi connectivity index (χ1) is 11.4. The van der Waals surface area contributed by atoms with E-state index in [9.17, 15) is 13.2 Å². The standard InChI is InChI=1S/C17H21N3O3S/c1-4-20(5-2)24(22,23)15-10-7-9-14(12-15)17(21)19-16-11-6-8-13(3)18-16/h6-12H,4-5H2,1-3H3,(H,18,19,21). The Morgan fingerprint density at radius 1 is 1.12 bits per heavy atom. The number of carbonyl (C=O) groups is 1. The lowest BCUT2D eigenvalue weighted by Crippen LogP contribution is -2.30. The molecule has 0 saturated carbocycles. The largest absolute Gasteiger partial charge is 0.307 e. The number of pyridine rings is 1. The van der Waals surface area contributed by atoms with Crippen LogP contribution in [0.5, 0.6) is 0 Å². The minimum Gasteiger partial charge on any atom is -0.307 e. The first-order valence-electron chi connectivity index (χ1n) is 7.73. The van der Waals surface area contributed by atoms with E-state index in [2.05, 4.69) is 10.3 Å². The van der Waals surface area contributed by atoms with Gasteiger partial charge in [-0.2, -0.15) is 4.31 Å². The summed E-state index contributed by atoms with van der Waals surface area (Å²) in [5, 5.41) is 2.68. The van der Waals surface area contributed by atoms with Gasteiger partial charge in [0.15, 0.2) is 0 Å². The number of hydrogen-bond donors (Lipinski definition) is 1. The average Bonchev–Trinajstić information content (AvgIpc) is 2.56. The fourth-order valence-electron chi connectivity index (χ4n) is 2.31. The quantitative estimate of drug-likeness (QED) is 0.871. The number of rotatable bonds is 6. The van der Waals surface area contributed by atoms with Crippen LogP contribution in [-0.4, -0.2) is 36.7 Å². The van der Waals surface area contributed by atoms with Crippen molar-refractivity contribution < 1.29 is 13.2 Å². The normalized spacial score (nSPS) is 11.5. The minimum atomic E-state index is -3.60. The van der Waals surface area contributed by atoms with Crippen molar-refractivity contribution in [3.8, 4) is 0 Å². The van der Waals surface area contributed by atoms with E-state index in [1.807, 2.05) is 13.0 Å². The number of carbonyl (C=O) groups excluding carboxylic acids is 1. The maximum Gasteiger partial charge on any atom is 0.256 e. The van der Waals surface area contributed by atoms with Crippen LogP contribution >= 0.6 is 0 Å². The summed E-state index contributed by atoms with van der Waals surface area (Å²) in [5.41, 5.74) is 1.05. The molecule has 7 heteroatoms. The molecule has 0 spiro atoms. The third-order valence-corrected chi connectivity index (χ3v) is 5.62. The summed E-state index contributed by atoms with van der Waals surface area (Å²) in [6.45, 7) is 6.14. The molecule has 1 amide bonds. The summed E-state index contributed by atoms with van der Waals surface area (Å²) in [4.78, 5) is 16.7. The Hall–Kier alpha value is -2.25. The number of hydrogen-bond acceptors (Lipinski definition) is 4. The number of anilines is 1. The third-order valence-electron chi connectivity index (χ3n) is 3.57. The van der Waals surface area contributed by atoms with Gasteiger partial charge in [-0.1, -0.05) is 26.0 Å². The van der Waals surface area contributed by atoms with Crippen LogP contribution in [-0.2, 0) is 10.0 Å². The predicted octanol–water partition coefficient (Wildman–Crippen LogP) is 2.67. The zero-order valence-electron chi connectivity index (χ0n) is 14.0. The molecule has 0 aliphatic heterocycles. The van der Waals surface area contributed by atoms with Crippen LogP contribution in [0.2, 0.25) is 0 Å². The van der Waals surface area contributed by atoms with Gasteiger partial charge < -0.3 is 5.32 Å². The number of nitrogens with zero attached hydrogens (tertiary/aromatic N) is 2. The van der Waals surface area contributed by atoms with E-state index >= 15 is 0 Å². The van der Waals surface area contributed by atoms with Crippen LogP contribution in [0, 0.1) is 6.92 Å². The molecule has 0 unspecified atom stereocenters. The van der Waals surface area contributed by atoms with E-state index in [4.69, 9.17) is 0 Å². The van der Waals surface area contributed by atoms with Gasteiger partial charge in [0, 0.05) is 24.3 Å². The van der Waals surface area contributed by atoms with Crippen molar-refractivity contribution in [3.05, 3.63) is 53.7 Å². The van der Waals surface area contributed by atoms with Gasteiger partial charge >= 0.3 is 0 Å². The molecular weight excluding hydrogens is 326 g/mol. The molecule has 0 radical (unpaired) electrons. The lowest BCUT2D eigenvalue weighted by atomic mass is 10.2. The number of aromatic nitrogens is 1. The second-order valence-electron chi connectivity index (χ2n) is 5.24. The number of benzene rings is 1. The van der Waals surface area contributed by atoms with Crippen molar-refractivity contribution in [1.29, 1.82) is 0 Å². The molecule has 2 aromatic rings. The predicted molar refractivity (Wildman–Crippen MR) is 93.5 cm³/mol. The monoisotopic (exact) mass is 347 g/mol. The van der Waals surface area contributed by atoms with Crippen molar-refractivity contribution in [1.82, 2.24) is 9.29 Å². The molecule has 1 aromatic carbocycles. The number of amides is 1. The molecule has 1 heterocycles. The molecule has 2 rings (SSSR count). The number of sulfonamides is 1. The SMILES string of the molecule is CCN(CC)S(=O)(=O)c1cccc(C(=O)Nc2cccc(C)n2)c1. The highest BCUT2D eigenvalue weighted by Gasteiger charge is 2.22. The molecule has 24 heavy (non-hydrogen) atoms. The summed E-state index contributed by atoms with van der Waals surface area (Å²) in [5.74, 6) is 0.0294. The zero-order valence-corrected chi connectivity index (χ0v) is 14.8. The lowest BCUT2D eigenvalue weighted by molar-refractivity contribution is 0.102. The first kappa shape index (κ1) is 18.1. The Kier molecular flexibility index (Phi) is 5.69. The number of nitrogens with one attached hydrogen (secondary N) is 1. The molecule has 128 valence electrons. The average molecular weight is 347 g/mol. The van der Waals surface area contributed by atoms with Crippen molar-refractivity contribution in [2.75, 3.05) is 18.4 Å². The summed E-state index contributed by atoms with van der Waals surface area (Å²) in [6.07, 6.45) is 0. The Bertz CT molecular complexity index is 830. The maximum absolute atomic E-state index is 12.6. The highest BCUT2D eigenvalue weighted by molar-refractivity contribution is 7.89. The number of aryl methyl sites for hydroxylation is 1. The third kappa shape index (κ3) is 3.98. The summed E-state index contributed by atoms with van der Waals surface area (Å²) < 4.78 is 26.5. The highest BCUT2D eigenvalue weighted by Crippen LogP contribution is 2.17.